The van der Waals surface area contributed by atoms with Gasteiger partial charge in [-0.05, 0) is 31.0 Å². The van der Waals surface area contributed by atoms with Crippen LogP contribution in [0.15, 0.2) is 41.3 Å². The van der Waals surface area contributed by atoms with Gasteiger partial charge in [-0.15, -0.1) is 0 Å². The van der Waals surface area contributed by atoms with E-state index in [1.165, 1.54) is 10.4 Å². The van der Waals surface area contributed by atoms with Gasteiger partial charge < -0.3 is 15.0 Å². The number of aryl methyl sites for hydroxylation is 2. The van der Waals surface area contributed by atoms with Crippen LogP contribution in [0.4, 0.5) is 5.69 Å². The Bertz CT molecular complexity index is 1120. The van der Waals surface area contributed by atoms with Crippen molar-refractivity contribution in [2.45, 2.75) is 25.2 Å². The van der Waals surface area contributed by atoms with Gasteiger partial charge in [0.2, 0.25) is 15.9 Å². The molecule has 2 heterocycles. The second-order valence-corrected chi connectivity index (χ2v) is 9.80. The maximum atomic E-state index is 13.2. The summed E-state index contributed by atoms with van der Waals surface area (Å²) in [5.74, 6) is 0.0691. The van der Waals surface area contributed by atoms with E-state index in [1.807, 2.05) is 31.2 Å². The molecule has 1 saturated heterocycles. The van der Waals surface area contributed by atoms with Crippen molar-refractivity contribution in [3.8, 4) is 5.75 Å². The number of fused-ring (bicyclic) bond motifs is 1. The number of hydrogen-bond donors (Lipinski definition) is 1. The highest BCUT2D eigenvalue weighted by molar-refractivity contribution is 7.89. The monoisotopic (exact) mass is 443 g/mol. The van der Waals surface area contributed by atoms with Crippen LogP contribution in [0.25, 0.3) is 0 Å². The third-order valence-corrected chi connectivity index (χ3v) is 7.64. The molecule has 2 aliphatic heterocycles. The first-order valence-corrected chi connectivity index (χ1v) is 11.6. The number of hydrogen-bond acceptors (Lipinski definition) is 5. The topological polar surface area (TPSA) is 96.0 Å². The highest BCUT2D eigenvalue weighted by Crippen LogP contribution is 2.34. The number of carbonyl (C=O) groups excluding carboxylic acids is 2. The van der Waals surface area contributed by atoms with E-state index in [2.05, 4.69) is 5.32 Å². The van der Waals surface area contributed by atoms with Crippen LogP contribution in [0.5, 0.6) is 5.75 Å². The number of ether oxygens (including phenoxy) is 1. The average Bonchev–Trinajstić information content (AvgIpc) is 2.74. The fraction of sp³-hybridized carbons (Fsp3) is 0.364. The molecule has 0 aromatic heterocycles. The molecule has 31 heavy (non-hydrogen) atoms. The van der Waals surface area contributed by atoms with Crippen molar-refractivity contribution in [1.29, 1.82) is 0 Å². The molecule has 0 bridgehead atoms. The summed E-state index contributed by atoms with van der Waals surface area (Å²) >= 11 is 0. The van der Waals surface area contributed by atoms with Crippen LogP contribution in [-0.2, 0) is 26.0 Å². The Morgan fingerprint density at radius 2 is 1.74 bits per heavy atom. The van der Waals surface area contributed by atoms with Gasteiger partial charge in [-0.25, -0.2) is 8.42 Å². The zero-order chi connectivity index (χ0) is 22.2. The Balaban J connectivity index is 1.44. The highest BCUT2D eigenvalue weighted by Gasteiger charge is 2.32. The molecule has 9 heteroatoms. The number of sulfonamides is 1. The first-order valence-electron chi connectivity index (χ1n) is 10.1. The van der Waals surface area contributed by atoms with Crippen molar-refractivity contribution < 1.29 is 22.7 Å². The molecule has 2 amide bonds. The third kappa shape index (κ3) is 4.42. The molecule has 2 aromatic carbocycles. The zero-order valence-corrected chi connectivity index (χ0v) is 18.4. The van der Waals surface area contributed by atoms with E-state index in [4.69, 9.17) is 4.74 Å². The Kier molecular flexibility index (Phi) is 5.72. The molecule has 0 unspecified atom stereocenters. The standard InChI is InChI=1S/C22H25N3O5S/c1-15-3-5-17(6-4-15)12-22(27)24-7-9-25(10-8-24)31(28,29)20-13-19-18(11-16(20)2)23-21(26)14-30-19/h3-6,11,13H,7-10,12,14H2,1-2H3,(H,23,26). The van der Waals surface area contributed by atoms with Gasteiger partial charge in [-0.1, -0.05) is 29.8 Å². The zero-order valence-electron chi connectivity index (χ0n) is 17.6. The van der Waals surface area contributed by atoms with E-state index in [0.717, 1.165) is 11.1 Å². The molecule has 0 saturated carbocycles. The lowest BCUT2D eigenvalue weighted by atomic mass is 10.1. The number of piperazine rings is 1. The van der Waals surface area contributed by atoms with Crippen molar-refractivity contribution >= 4 is 27.5 Å². The van der Waals surface area contributed by atoms with Crippen molar-refractivity contribution in [1.82, 2.24) is 9.21 Å². The van der Waals surface area contributed by atoms with E-state index in [0.29, 0.717) is 36.5 Å². The SMILES string of the molecule is Cc1ccc(CC(=O)N2CCN(S(=O)(=O)c3cc4c(cc3C)NC(=O)CO4)CC2)cc1. The number of nitrogens with zero attached hydrogens (tertiary/aromatic N) is 2. The number of rotatable bonds is 4. The molecular weight excluding hydrogens is 418 g/mol. The van der Waals surface area contributed by atoms with Gasteiger partial charge in [0.25, 0.3) is 5.91 Å². The smallest absolute Gasteiger partial charge is 0.262 e. The van der Waals surface area contributed by atoms with Crippen LogP contribution in [0.3, 0.4) is 0 Å². The van der Waals surface area contributed by atoms with Gasteiger partial charge in [0.1, 0.15) is 5.75 Å². The van der Waals surface area contributed by atoms with E-state index < -0.39 is 10.0 Å². The molecule has 0 aliphatic carbocycles. The summed E-state index contributed by atoms with van der Waals surface area (Å²) in [6.45, 7) is 4.71. The predicted molar refractivity (Wildman–Crippen MR) is 116 cm³/mol. The summed E-state index contributed by atoms with van der Waals surface area (Å²) < 4.78 is 33.3. The molecule has 0 atom stereocenters. The highest BCUT2D eigenvalue weighted by atomic mass is 32.2. The lowest BCUT2D eigenvalue weighted by Gasteiger charge is -2.34. The second kappa shape index (κ2) is 8.32. The van der Waals surface area contributed by atoms with Crippen molar-refractivity contribution in [3.63, 3.8) is 0 Å². The van der Waals surface area contributed by atoms with Crippen molar-refractivity contribution in [2.75, 3.05) is 38.1 Å². The van der Waals surface area contributed by atoms with Crippen molar-refractivity contribution in [3.05, 3.63) is 53.1 Å². The Hall–Kier alpha value is -2.91. The van der Waals surface area contributed by atoms with Crippen LogP contribution < -0.4 is 10.1 Å². The van der Waals surface area contributed by atoms with E-state index in [9.17, 15) is 18.0 Å². The van der Waals surface area contributed by atoms with Gasteiger partial charge in [0, 0.05) is 32.2 Å². The van der Waals surface area contributed by atoms with Crippen molar-refractivity contribution in [2.24, 2.45) is 0 Å². The lowest BCUT2D eigenvalue weighted by molar-refractivity contribution is -0.131. The van der Waals surface area contributed by atoms with Crippen LogP contribution in [0.2, 0.25) is 0 Å². The Morgan fingerprint density at radius 3 is 2.42 bits per heavy atom. The summed E-state index contributed by atoms with van der Waals surface area (Å²) in [5, 5.41) is 2.68. The summed E-state index contributed by atoms with van der Waals surface area (Å²) in [5.41, 5.74) is 3.09. The fourth-order valence-electron chi connectivity index (χ4n) is 3.80. The quantitative estimate of drug-likeness (QED) is 0.776. The molecule has 4 rings (SSSR count). The Labute approximate surface area is 181 Å². The molecule has 164 valence electrons. The maximum absolute atomic E-state index is 13.2. The first-order chi connectivity index (χ1) is 14.7. The Morgan fingerprint density at radius 1 is 1.06 bits per heavy atom. The minimum Gasteiger partial charge on any atom is -0.482 e. The summed E-state index contributed by atoms with van der Waals surface area (Å²) in [7, 11) is -3.75. The largest absolute Gasteiger partial charge is 0.482 e. The van der Waals surface area contributed by atoms with Crippen LogP contribution in [-0.4, -0.2) is 62.2 Å². The second-order valence-electron chi connectivity index (χ2n) is 7.90. The predicted octanol–water partition coefficient (Wildman–Crippen LogP) is 1.71. The van der Waals surface area contributed by atoms with Gasteiger partial charge in [-0.3, -0.25) is 9.59 Å². The third-order valence-electron chi connectivity index (χ3n) is 5.60. The minimum absolute atomic E-state index is 0.00463. The van der Waals surface area contributed by atoms with Gasteiger partial charge in [0.15, 0.2) is 6.61 Å². The summed E-state index contributed by atoms with van der Waals surface area (Å²) in [4.78, 5) is 26.0. The van der Waals surface area contributed by atoms with E-state index in [1.54, 1.807) is 17.9 Å². The van der Waals surface area contributed by atoms with Crippen LogP contribution in [0, 0.1) is 13.8 Å². The molecule has 1 fully saturated rings. The van der Waals surface area contributed by atoms with Gasteiger partial charge >= 0.3 is 0 Å². The summed E-state index contributed by atoms with van der Waals surface area (Å²) in [6, 6.07) is 10.9. The number of benzene rings is 2. The van der Waals surface area contributed by atoms with Crippen LogP contribution in [0.1, 0.15) is 16.7 Å². The molecular formula is C22H25N3O5S. The fourth-order valence-corrected chi connectivity index (χ4v) is 5.45. The number of carbonyl (C=O) groups is 2. The van der Waals surface area contributed by atoms with Gasteiger partial charge in [0.05, 0.1) is 17.0 Å². The molecule has 0 spiro atoms. The van der Waals surface area contributed by atoms with E-state index in [-0.39, 0.29) is 36.4 Å². The number of amides is 2. The molecule has 8 nitrogen and oxygen atoms in total. The summed E-state index contributed by atoms with van der Waals surface area (Å²) in [6.07, 6.45) is 0.306. The van der Waals surface area contributed by atoms with Crippen LogP contribution >= 0.6 is 0 Å². The van der Waals surface area contributed by atoms with E-state index >= 15 is 0 Å². The number of anilines is 1. The average molecular weight is 444 g/mol. The first kappa shape index (κ1) is 21.3. The lowest BCUT2D eigenvalue weighted by Crippen LogP contribution is -2.51. The normalized spacial score (nSPS) is 17.0. The van der Waals surface area contributed by atoms with Gasteiger partial charge in [-0.2, -0.15) is 4.31 Å². The number of nitrogens with one attached hydrogen (secondary N) is 1. The maximum Gasteiger partial charge on any atom is 0.262 e. The molecule has 2 aliphatic rings. The molecule has 0 radical (unpaired) electrons. The molecule has 2 aromatic rings. The molecule has 1 N–H and O–H groups in total. The minimum atomic E-state index is -3.75.